The zero-order valence-corrected chi connectivity index (χ0v) is 39.0. The van der Waals surface area contributed by atoms with Crippen molar-refractivity contribution in [3.63, 3.8) is 0 Å². The average Bonchev–Trinajstić information content (AvgIpc) is 3.92. The first-order valence-electron chi connectivity index (χ1n) is 23.0. The van der Waals surface area contributed by atoms with Crippen molar-refractivity contribution in [2.24, 2.45) is 5.73 Å². The van der Waals surface area contributed by atoms with E-state index in [2.05, 4.69) is 9.97 Å². The molecule has 0 aliphatic carbocycles. The Balaban J connectivity index is 0.931. The van der Waals surface area contributed by atoms with Crippen LogP contribution < -0.4 is 15.2 Å². The van der Waals surface area contributed by atoms with Crippen molar-refractivity contribution in [1.29, 1.82) is 0 Å². The summed E-state index contributed by atoms with van der Waals surface area (Å²) in [7, 11) is 2.84. The summed E-state index contributed by atoms with van der Waals surface area (Å²) in [4.78, 5) is 64.6. The summed E-state index contributed by atoms with van der Waals surface area (Å²) < 4.78 is 45.8. The maximum atomic E-state index is 14.9. The third kappa shape index (κ3) is 8.53. The molecule has 1 unspecified atom stereocenters. The number of carbonyl (C=O) groups excluding carboxylic acids is 3. The molecular weight excluding hydrogens is 883 g/mol. The first-order chi connectivity index (χ1) is 33.2. The number of para-hydroxylation sites is 2. The van der Waals surface area contributed by atoms with E-state index in [4.69, 9.17) is 29.9 Å². The van der Waals surface area contributed by atoms with Crippen molar-refractivity contribution in [3.8, 4) is 11.5 Å². The smallest absolute Gasteiger partial charge is 0.412 e. The maximum Gasteiger partial charge on any atom is 0.412 e. The van der Waals surface area contributed by atoms with E-state index >= 15 is 0 Å². The van der Waals surface area contributed by atoms with Gasteiger partial charge in [-0.3, -0.25) is 24.5 Å². The number of nitrogens with zero attached hydrogens (tertiary/aromatic N) is 5. The number of hydrogen-bond acceptors (Lipinski definition) is 9. The van der Waals surface area contributed by atoms with Crippen LogP contribution in [0.1, 0.15) is 65.8 Å². The number of aromatic amines is 2. The van der Waals surface area contributed by atoms with Gasteiger partial charge in [-0.15, -0.1) is 0 Å². The third-order valence-corrected chi connectivity index (χ3v) is 13.1. The zero-order valence-electron chi connectivity index (χ0n) is 39.0. The molecule has 8 aromatic rings. The normalized spacial score (nSPS) is 14.3. The van der Waals surface area contributed by atoms with Crippen LogP contribution in [0, 0.1) is 11.6 Å². The van der Waals surface area contributed by atoms with E-state index in [1.54, 1.807) is 54.8 Å². The molecule has 69 heavy (non-hydrogen) atoms. The number of H-pyrrole nitrogens is 2. The fourth-order valence-corrected chi connectivity index (χ4v) is 9.86. The summed E-state index contributed by atoms with van der Waals surface area (Å²) in [6.45, 7) is 5.37. The van der Waals surface area contributed by atoms with Crippen molar-refractivity contribution >= 4 is 61.5 Å². The summed E-state index contributed by atoms with van der Waals surface area (Å²) in [6.07, 6.45) is -0.968. The molecule has 0 spiro atoms. The largest absolute Gasteiger partial charge is 0.494 e. The number of amides is 3. The third-order valence-electron chi connectivity index (χ3n) is 13.1. The van der Waals surface area contributed by atoms with Crippen LogP contribution in [0.2, 0.25) is 0 Å². The molecule has 10 rings (SSSR count). The summed E-state index contributed by atoms with van der Waals surface area (Å²) in [5, 5.41) is 4.00. The Hall–Kier alpha value is -7.59. The van der Waals surface area contributed by atoms with Crippen LogP contribution in [-0.2, 0) is 53.1 Å². The van der Waals surface area contributed by atoms with E-state index in [1.165, 1.54) is 26.4 Å². The quantitative estimate of drug-likeness (QED) is 0.114. The average molecular weight is 935 g/mol. The molecule has 0 saturated carbocycles. The summed E-state index contributed by atoms with van der Waals surface area (Å²) >= 11 is 0. The standard InChI is InChI=1S/C53H52F2N8O6/c1-53(2,3)69-52(66)63(28-45(64)61-20-18-33-41(26-61)57-39(24-29-14-16-43(67-4)35(54)22-29)48-46(33)31-10-6-8-12-37(31)59-48)50(56)51(65)62-21-19-34-42(27-62)58-40(25-30-15-17-44(68-5)36(55)23-30)49-47(34)32-11-7-9-13-38(32)60-49/h6-17,22-23,50,59-60H,18-21,24-28,56H2,1-5H3. The summed E-state index contributed by atoms with van der Waals surface area (Å²) in [5.74, 6) is -1.70. The van der Waals surface area contributed by atoms with E-state index in [1.807, 2.05) is 48.5 Å². The Morgan fingerprint density at radius 1 is 0.725 bits per heavy atom. The molecule has 4 N–H and O–H groups in total. The second kappa shape index (κ2) is 17.8. The molecule has 4 aromatic carbocycles. The number of benzene rings is 4. The Morgan fingerprint density at radius 2 is 1.20 bits per heavy atom. The minimum atomic E-state index is -1.58. The molecule has 0 bridgehead atoms. The summed E-state index contributed by atoms with van der Waals surface area (Å²) in [6, 6.07) is 25.6. The van der Waals surface area contributed by atoms with Crippen molar-refractivity contribution in [2.75, 3.05) is 33.9 Å². The van der Waals surface area contributed by atoms with E-state index in [0.29, 0.717) is 66.1 Å². The fraction of sp³-hybridized carbons (Fsp3) is 0.302. The highest BCUT2D eigenvalue weighted by atomic mass is 19.1. The SMILES string of the molecule is COc1ccc(Cc2nc3c(c4c2[nH]c2ccccc24)CCN(C(=O)CN(C(=O)OC(C)(C)C)C(N)C(=O)N2CCc4c(nc(Cc5ccc(OC)c(F)c5)c5[nH]c6ccccc6c45)C2)C3)cc1F. The van der Waals surface area contributed by atoms with Crippen LogP contribution in [0.4, 0.5) is 13.6 Å². The van der Waals surface area contributed by atoms with Gasteiger partial charge in [0.1, 0.15) is 12.1 Å². The number of halogens is 2. The monoisotopic (exact) mass is 934 g/mol. The van der Waals surface area contributed by atoms with E-state index in [0.717, 1.165) is 59.6 Å². The lowest BCUT2D eigenvalue weighted by molar-refractivity contribution is -0.140. The van der Waals surface area contributed by atoms with E-state index in [-0.39, 0.29) is 31.1 Å². The van der Waals surface area contributed by atoms with Gasteiger partial charge in [-0.2, -0.15) is 0 Å². The van der Waals surface area contributed by atoms with Gasteiger partial charge >= 0.3 is 6.09 Å². The van der Waals surface area contributed by atoms with Crippen LogP contribution in [0.3, 0.4) is 0 Å². The molecule has 0 fully saturated rings. The van der Waals surface area contributed by atoms with Crippen molar-refractivity contribution in [2.45, 2.75) is 71.3 Å². The Bertz CT molecular complexity index is 3360. The van der Waals surface area contributed by atoms with Crippen LogP contribution in [0.5, 0.6) is 11.5 Å². The number of ether oxygens (including phenoxy) is 3. The predicted molar refractivity (Wildman–Crippen MR) is 258 cm³/mol. The van der Waals surface area contributed by atoms with Crippen LogP contribution in [0.15, 0.2) is 84.9 Å². The molecule has 1 atom stereocenters. The number of carbonyl (C=O) groups is 3. The number of methoxy groups -OCH3 is 2. The lowest BCUT2D eigenvalue weighted by Gasteiger charge is -2.36. The molecular formula is C53H52F2N8O6. The fourth-order valence-electron chi connectivity index (χ4n) is 9.86. The molecule has 354 valence electrons. The second-order valence-electron chi connectivity index (χ2n) is 18.7. The van der Waals surface area contributed by atoms with Gasteiger partial charge in [0, 0.05) is 58.5 Å². The van der Waals surface area contributed by atoms with E-state index < -0.39 is 47.9 Å². The van der Waals surface area contributed by atoms with Crippen molar-refractivity contribution in [3.05, 3.63) is 142 Å². The number of nitrogens with one attached hydrogen (secondary N) is 2. The molecule has 14 nitrogen and oxygen atoms in total. The maximum absolute atomic E-state index is 14.9. The highest BCUT2D eigenvalue weighted by molar-refractivity contribution is 6.11. The molecule has 4 aromatic heterocycles. The lowest BCUT2D eigenvalue weighted by atomic mass is 9.96. The highest BCUT2D eigenvalue weighted by Crippen LogP contribution is 2.37. The van der Waals surface area contributed by atoms with Gasteiger partial charge in [0.05, 0.1) is 61.1 Å². The number of fused-ring (bicyclic) bond motifs is 10. The van der Waals surface area contributed by atoms with Gasteiger partial charge in [-0.05, 0) is 92.3 Å². The second-order valence-corrected chi connectivity index (χ2v) is 18.7. The summed E-state index contributed by atoms with van der Waals surface area (Å²) in [5.41, 5.74) is 15.4. The number of pyridine rings is 2. The molecule has 3 amide bonds. The van der Waals surface area contributed by atoms with Gasteiger partial charge in [-0.25, -0.2) is 13.6 Å². The number of nitrogens with two attached hydrogens (primary N) is 1. The first-order valence-corrected chi connectivity index (χ1v) is 23.0. The molecule has 16 heteroatoms. The topological polar surface area (TPSA) is 172 Å². The molecule has 2 aliphatic heterocycles. The molecule has 0 radical (unpaired) electrons. The van der Waals surface area contributed by atoms with Gasteiger partial charge in [-0.1, -0.05) is 48.5 Å². The van der Waals surface area contributed by atoms with Gasteiger partial charge in [0.2, 0.25) is 5.91 Å². The number of aromatic nitrogens is 4. The minimum absolute atomic E-state index is 0.0831. The zero-order chi connectivity index (χ0) is 48.3. The highest BCUT2D eigenvalue weighted by Gasteiger charge is 2.38. The van der Waals surface area contributed by atoms with Gasteiger partial charge in [0.15, 0.2) is 29.3 Å². The Kier molecular flexibility index (Phi) is 11.7. The lowest BCUT2D eigenvalue weighted by Crippen LogP contribution is -2.59. The Morgan fingerprint density at radius 3 is 1.68 bits per heavy atom. The van der Waals surface area contributed by atoms with Crippen molar-refractivity contribution < 1.29 is 37.4 Å². The number of hydrogen-bond donors (Lipinski definition) is 3. The van der Waals surface area contributed by atoms with Gasteiger partial charge < -0.3 is 39.7 Å². The number of rotatable bonds is 10. The van der Waals surface area contributed by atoms with Gasteiger partial charge in [0.25, 0.3) is 5.91 Å². The first kappa shape index (κ1) is 45.2. The van der Waals surface area contributed by atoms with Crippen molar-refractivity contribution in [1.82, 2.24) is 34.6 Å². The van der Waals surface area contributed by atoms with E-state index in [9.17, 15) is 23.2 Å². The van der Waals surface area contributed by atoms with Crippen LogP contribution in [-0.4, -0.2) is 98.2 Å². The predicted octanol–water partition coefficient (Wildman–Crippen LogP) is 8.21. The molecule has 2 aliphatic rings. The van der Waals surface area contributed by atoms with Crippen LogP contribution >= 0.6 is 0 Å². The van der Waals surface area contributed by atoms with Crippen LogP contribution in [0.25, 0.3) is 43.6 Å². The minimum Gasteiger partial charge on any atom is -0.494 e. The molecule has 6 heterocycles. The molecule has 0 saturated heterocycles. The Labute approximate surface area is 396 Å².